The number of hydrogen-bond donors (Lipinski definition) is 2. The number of hydrogen-bond acceptors (Lipinski definition) is 3. The van der Waals surface area contributed by atoms with Crippen LogP contribution in [0.25, 0.3) is 0 Å². The molecule has 0 fully saturated rings. The molecule has 0 aliphatic heterocycles. The number of nitrogens with zero attached hydrogens (tertiary/aromatic N) is 1. The number of rotatable bonds is 8. The van der Waals surface area contributed by atoms with Gasteiger partial charge in [-0.1, -0.05) is 49.7 Å². The lowest BCUT2D eigenvalue weighted by Gasteiger charge is -2.22. The lowest BCUT2D eigenvalue weighted by Crippen LogP contribution is -2.31. The van der Waals surface area contributed by atoms with E-state index in [9.17, 15) is 0 Å². The van der Waals surface area contributed by atoms with Crippen molar-refractivity contribution in [2.45, 2.75) is 45.8 Å². The normalized spacial score (nSPS) is 12.7. The first-order valence-electron chi connectivity index (χ1n) is 7.07. The van der Waals surface area contributed by atoms with Crippen molar-refractivity contribution in [3.8, 4) is 0 Å². The number of oxime groups is 1. The Morgan fingerprint density at radius 3 is 2.65 bits per heavy atom. The largest absolute Gasteiger partial charge is 0.409 e. The van der Waals surface area contributed by atoms with Gasteiger partial charge in [0, 0.05) is 11.2 Å². The van der Waals surface area contributed by atoms with Gasteiger partial charge in [0.25, 0.3) is 0 Å². The zero-order chi connectivity index (χ0) is 15.0. The SMILES string of the molecule is Cc1ccccc1CSCCCCC(C)(C)/C(N)=N/O. The molecule has 0 aromatic heterocycles. The van der Waals surface area contributed by atoms with Crippen LogP contribution in [0.1, 0.15) is 44.2 Å². The number of aryl methyl sites for hydroxylation is 1. The van der Waals surface area contributed by atoms with E-state index in [1.54, 1.807) is 0 Å². The lowest BCUT2D eigenvalue weighted by atomic mass is 9.86. The smallest absolute Gasteiger partial charge is 0.144 e. The second-order valence-corrected chi connectivity index (χ2v) is 6.91. The fourth-order valence-corrected chi connectivity index (χ4v) is 3.09. The van der Waals surface area contributed by atoms with E-state index in [4.69, 9.17) is 10.9 Å². The first kappa shape index (κ1) is 16.9. The Labute approximate surface area is 126 Å². The fraction of sp³-hybridized carbons (Fsp3) is 0.562. The third-order valence-corrected chi connectivity index (χ3v) is 4.75. The van der Waals surface area contributed by atoms with Crippen molar-refractivity contribution in [1.82, 2.24) is 0 Å². The number of nitrogens with two attached hydrogens (primary N) is 1. The molecule has 3 N–H and O–H groups in total. The van der Waals surface area contributed by atoms with Crippen LogP contribution in [-0.2, 0) is 5.75 Å². The molecule has 0 bridgehead atoms. The molecular formula is C16H26N2OS. The van der Waals surface area contributed by atoms with E-state index in [0.717, 1.165) is 24.3 Å². The van der Waals surface area contributed by atoms with Crippen molar-refractivity contribution in [2.75, 3.05) is 5.75 Å². The molecule has 0 unspecified atom stereocenters. The van der Waals surface area contributed by atoms with Crippen molar-refractivity contribution >= 4 is 17.6 Å². The molecule has 0 aliphatic carbocycles. The maximum Gasteiger partial charge on any atom is 0.144 e. The van der Waals surface area contributed by atoms with Crippen LogP contribution in [0.3, 0.4) is 0 Å². The van der Waals surface area contributed by atoms with Gasteiger partial charge in [-0.25, -0.2) is 0 Å². The summed E-state index contributed by atoms with van der Waals surface area (Å²) in [5.74, 6) is 2.56. The monoisotopic (exact) mass is 294 g/mol. The van der Waals surface area contributed by atoms with E-state index in [1.807, 2.05) is 25.6 Å². The number of amidine groups is 1. The third kappa shape index (κ3) is 5.45. The second-order valence-electron chi connectivity index (χ2n) is 5.81. The molecule has 0 radical (unpaired) electrons. The molecule has 0 atom stereocenters. The average molecular weight is 294 g/mol. The van der Waals surface area contributed by atoms with Crippen LogP contribution in [0.2, 0.25) is 0 Å². The molecule has 1 rings (SSSR count). The third-order valence-electron chi connectivity index (χ3n) is 3.66. The Morgan fingerprint density at radius 2 is 2.00 bits per heavy atom. The molecule has 0 aliphatic rings. The highest BCUT2D eigenvalue weighted by atomic mass is 32.2. The highest BCUT2D eigenvalue weighted by Gasteiger charge is 2.22. The van der Waals surface area contributed by atoms with E-state index in [0.29, 0.717) is 5.84 Å². The topological polar surface area (TPSA) is 58.6 Å². The predicted molar refractivity (Wildman–Crippen MR) is 88.4 cm³/mol. The van der Waals surface area contributed by atoms with Gasteiger partial charge in [0.1, 0.15) is 5.84 Å². The van der Waals surface area contributed by atoms with Crippen LogP contribution in [0.15, 0.2) is 29.4 Å². The van der Waals surface area contributed by atoms with Gasteiger partial charge in [-0.3, -0.25) is 0 Å². The summed E-state index contributed by atoms with van der Waals surface area (Å²) in [6, 6.07) is 8.54. The van der Waals surface area contributed by atoms with Gasteiger partial charge in [-0.2, -0.15) is 11.8 Å². The van der Waals surface area contributed by atoms with E-state index in [-0.39, 0.29) is 5.41 Å². The maximum atomic E-state index is 8.72. The molecular weight excluding hydrogens is 268 g/mol. The zero-order valence-corrected chi connectivity index (χ0v) is 13.5. The molecule has 1 aromatic carbocycles. The zero-order valence-electron chi connectivity index (χ0n) is 12.7. The van der Waals surface area contributed by atoms with Gasteiger partial charge in [0.05, 0.1) is 0 Å². The minimum atomic E-state index is -0.213. The maximum absolute atomic E-state index is 8.72. The molecule has 0 saturated heterocycles. The highest BCUT2D eigenvalue weighted by molar-refractivity contribution is 7.98. The summed E-state index contributed by atoms with van der Waals surface area (Å²) >= 11 is 1.97. The lowest BCUT2D eigenvalue weighted by molar-refractivity contribution is 0.304. The van der Waals surface area contributed by atoms with Crippen molar-refractivity contribution in [3.05, 3.63) is 35.4 Å². The first-order valence-corrected chi connectivity index (χ1v) is 8.23. The van der Waals surface area contributed by atoms with Crippen molar-refractivity contribution in [3.63, 3.8) is 0 Å². The number of benzene rings is 1. The molecule has 1 aromatic rings. The van der Waals surface area contributed by atoms with Crippen LogP contribution in [0.4, 0.5) is 0 Å². The van der Waals surface area contributed by atoms with Crippen molar-refractivity contribution < 1.29 is 5.21 Å². The van der Waals surface area contributed by atoms with Gasteiger partial charge < -0.3 is 10.9 Å². The van der Waals surface area contributed by atoms with E-state index < -0.39 is 0 Å². The average Bonchev–Trinajstić information content (AvgIpc) is 2.43. The van der Waals surface area contributed by atoms with Crippen LogP contribution in [0, 0.1) is 12.3 Å². The minimum absolute atomic E-state index is 0.213. The van der Waals surface area contributed by atoms with Crippen LogP contribution in [-0.4, -0.2) is 16.8 Å². The Morgan fingerprint density at radius 1 is 1.30 bits per heavy atom. The van der Waals surface area contributed by atoms with Crippen molar-refractivity contribution in [2.24, 2.45) is 16.3 Å². The Kier molecular flexibility index (Phi) is 6.93. The summed E-state index contributed by atoms with van der Waals surface area (Å²) in [7, 11) is 0. The van der Waals surface area contributed by atoms with Crippen LogP contribution >= 0.6 is 11.8 Å². The molecule has 0 amide bonds. The predicted octanol–water partition coefficient (Wildman–Crippen LogP) is 4.17. The summed E-state index contributed by atoms with van der Waals surface area (Å²) in [4.78, 5) is 0. The Bertz CT molecular complexity index is 444. The number of unbranched alkanes of at least 4 members (excludes halogenated alkanes) is 1. The van der Waals surface area contributed by atoms with Gasteiger partial charge in [-0.15, -0.1) is 0 Å². The summed E-state index contributed by atoms with van der Waals surface area (Å²) < 4.78 is 0. The Hall–Kier alpha value is -1.16. The quantitative estimate of drug-likeness (QED) is 0.249. The molecule has 20 heavy (non-hydrogen) atoms. The minimum Gasteiger partial charge on any atom is -0.409 e. The molecule has 4 heteroatoms. The summed E-state index contributed by atoms with van der Waals surface area (Å²) in [5, 5.41) is 11.8. The Balaban J connectivity index is 2.19. The first-order chi connectivity index (χ1) is 9.47. The molecule has 0 heterocycles. The summed E-state index contributed by atoms with van der Waals surface area (Å²) in [6.07, 6.45) is 3.22. The van der Waals surface area contributed by atoms with E-state index >= 15 is 0 Å². The van der Waals surface area contributed by atoms with Gasteiger partial charge in [0.15, 0.2) is 0 Å². The van der Waals surface area contributed by atoms with Gasteiger partial charge >= 0.3 is 0 Å². The molecule has 112 valence electrons. The standard InChI is InChI=1S/C16H26N2OS/c1-13-8-4-5-9-14(13)12-20-11-7-6-10-16(2,3)15(17)18-19/h4-5,8-9,19H,6-7,10-12H2,1-3H3,(H2,17,18). The van der Waals surface area contributed by atoms with Gasteiger partial charge in [-0.05, 0) is 36.6 Å². The second kappa shape index (κ2) is 8.20. The molecule has 3 nitrogen and oxygen atoms in total. The summed E-state index contributed by atoms with van der Waals surface area (Å²) in [6.45, 7) is 6.19. The van der Waals surface area contributed by atoms with Crippen LogP contribution in [0.5, 0.6) is 0 Å². The van der Waals surface area contributed by atoms with Crippen LogP contribution < -0.4 is 5.73 Å². The molecule has 0 spiro atoms. The molecule has 0 saturated carbocycles. The fourth-order valence-electron chi connectivity index (χ4n) is 1.99. The van der Waals surface area contributed by atoms with Crippen molar-refractivity contribution in [1.29, 1.82) is 0 Å². The van der Waals surface area contributed by atoms with E-state index in [2.05, 4.69) is 36.3 Å². The number of thioether (sulfide) groups is 1. The highest BCUT2D eigenvalue weighted by Crippen LogP contribution is 2.24. The van der Waals surface area contributed by atoms with Gasteiger partial charge in [0.2, 0.25) is 0 Å². The van der Waals surface area contributed by atoms with E-state index in [1.165, 1.54) is 17.5 Å². The summed E-state index contributed by atoms with van der Waals surface area (Å²) in [5.41, 5.74) is 8.26.